The highest BCUT2D eigenvalue weighted by Crippen LogP contribution is 2.40. The van der Waals surface area contributed by atoms with Gasteiger partial charge in [-0.05, 0) is 55.4 Å². The predicted molar refractivity (Wildman–Crippen MR) is 119 cm³/mol. The minimum atomic E-state index is -0.207. The molecule has 6 nitrogen and oxygen atoms in total. The number of carbonyl (C=O) groups excluding carboxylic acids is 1. The smallest absolute Gasteiger partial charge is 0.258 e. The van der Waals surface area contributed by atoms with Gasteiger partial charge >= 0.3 is 0 Å². The number of phenolic OH excluding ortho intramolecular Hbond substituents is 2. The Morgan fingerprint density at radius 1 is 1.16 bits per heavy atom. The van der Waals surface area contributed by atoms with Crippen LogP contribution in [0.15, 0.2) is 36.4 Å². The van der Waals surface area contributed by atoms with Crippen LogP contribution in [0.2, 0.25) is 0 Å². The lowest BCUT2D eigenvalue weighted by atomic mass is 9.69. The number of aromatic hydroxyl groups is 2. The fourth-order valence-corrected chi connectivity index (χ4v) is 4.82. The molecule has 1 saturated heterocycles. The van der Waals surface area contributed by atoms with Crippen LogP contribution >= 0.6 is 0 Å². The Morgan fingerprint density at radius 2 is 1.97 bits per heavy atom. The van der Waals surface area contributed by atoms with Gasteiger partial charge in [0.25, 0.3) is 5.91 Å². The first-order valence-electron chi connectivity index (χ1n) is 11.2. The summed E-state index contributed by atoms with van der Waals surface area (Å²) in [6, 6.07) is 11.1. The van der Waals surface area contributed by atoms with E-state index in [2.05, 4.69) is 23.5 Å². The Bertz CT molecular complexity index is 949. The van der Waals surface area contributed by atoms with E-state index < -0.39 is 0 Å². The molecule has 1 saturated carbocycles. The molecule has 2 aromatic carbocycles. The largest absolute Gasteiger partial charge is 0.508 e. The fraction of sp³-hybridized carbons (Fsp3) is 0.480. The lowest BCUT2D eigenvalue weighted by Gasteiger charge is -2.40. The number of amides is 1. The molecular formula is C25H32N2O4. The van der Waals surface area contributed by atoms with Crippen LogP contribution in [-0.4, -0.2) is 45.8 Å². The van der Waals surface area contributed by atoms with Crippen molar-refractivity contribution in [3.05, 3.63) is 58.7 Å². The molecule has 1 amide bonds. The summed E-state index contributed by atoms with van der Waals surface area (Å²) in [5.74, 6) is -0.413. The molecule has 1 heterocycles. The molecule has 0 aromatic heterocycles. The Kier molecular flexibility index (Phi) is 6.21. The lowest BCUT2D eigenvalue weighted by molar-refractivity contribution is 0.0445. The molecule has 1 unspecified atom stereocenters. The Morgan fingerprint density at radius 3 is 2.68 bits per heavy atom. The maximum atomic E-state index is 13.2. The van der Waals surface area contributed by atoms with Crippen molar-refractivity contribution in [1.29, 1.82) is 0 Å². The fourth-order valence-electron chi connectivity index (χ4n) is 4.82. The molecule has 4 N–H and O–H groups in total. The zero-order valence-corrected chi connectivity index (χ0v) is 18.1. The molecule has 0 spiro atoms. The van der Waals surface area contributed by atoms with Crippen LogP contribution in [0.5, 0.6) is 11.5 Å². The number of hydrogen-bond acceptors (Lipinski definition) is 5. The number of rotatable bonds is 7. The molecule has 6 heteroatoms. The van der Waals surface area contributed by atoms with Gasteiger partial charge in [0.15, 0.2) is 0 Å². The van der Waals surface area contributed by atoms with Crippen molar-refractivity contribution in [1.82, 2.24) is 10.2 Å². The third-order valence-corrected chi connectivity index (χ3v) is 6.97. The highest BCUT2D eigenvalue weighted by Gasteiger charge is 2.36. The van der Waals surface area contributed by atoms with Gasteiger partial charge in [-0.1, -0.05) is 30.7 Å². The summed E-state index contributed by atoms with van der Waals surface area (Å²) in [6.07, 6.45) is 5.15. The normalized spacial score (nSPS) is 19.9. The second-order valence-electron chi connectivity index (χ2n) is 9.17. The molecule has 4 rings (SSSR count). The average molecular weight is 425 g/mol. The summed E-state index contributed by atoms with van der Waals surface area (Å²) in [5, 5.41) is 33.1. The van der Waals surface area contributed by atoms with Crippen molar-refractivity contribution < 1.29 is 20.1 Å². The quantitative estimate of drug-likeness (QED) is 0.545. The number of likely N-dealkylation sites (tertiary alicyclic amines) is 1. The van der Waals surface area contributed by atoms with Gasteiger partial charge in [0.05, 0.1) is 11.6 Å². The molecule has 2 aromatic rings. The van der Waals surface area contributed by atoms with Gasteiger partial charge in [-0.2, -0.15) is 0 Å². The molecule has 2 fully saturated rings. The zero-order chi connectivity index (χ0) is 22.0. The van der Waals surface area contributed by atoms with Crippen LogP contribution in [0.4, 0.5) is 0 Å². The van der Waals surface area contributed by atoms with Crippen LogP contribution in [-0.2, 0) is 6.54 Å². The number of carbonyl (C=O) groups is 1. The van der Waals surface area contributed by atoms with E-state index in [1.54, 1.807) is 13.0 Å². The van der Waals surface area contributed by atoms with Gasteiger partial charge in [-0.15, -0.1) is 0 Å². The lowest BCUT2D eigenvalue weighted by Crippen LogP contribution is -2.42. The van der Waals surface area contributed by atoms with Crippen LogP contribution in [0.1, 0.15) is 65.2 Å². The van der Waals surface area contributed by atoms with Crippen LogP contribution in [0, 0.1) is 12.3 Å². The molecular weight excluding hydrogens is 392 g/mol. The first-order valence-corrected chi connectivity index (χ1v) is 11.2. The number of phenols is 2. The van der Waals surface area contributed by atoms with E-state index in [4.69, 9.17) is 0 Å². The number of nitrogens with zero attached hydrogens (tertiary/aromatic N) is 1. The molecule has 166 valence electrons. The van der Waals surface area contributed by atoms with E-state index in [0.717, 1.165) is 49.9 Å². The van der Waals surface area contributed by atoms with Crippen molar-refractivity contribution in [2.75, 3.05) is 19.7 Å². The number of nitrogens with one attached hydrogen (secondary N) is 1. The molecule has 1 atom stereocenters. The number of aryl methyl sites for hydroxylation is 1. The third kappa shape index (κ3) is 4.41. The number of hydrogen-bond donors (Lipinski definition) is 4. The Hall–Kier alpha value is -2.57. The summed E-state index contributed by atoms with van der Waals surface area (Å²) < 4.78 is 0. The molecule has 1 aliphatic carbocycles. The Labute approximate surface area is 183 Å². The molecule has 2 aliphatic rings. The second-order valence-corrected chi connectivity index (χ2v) is 9.17. The van der Waals surface area contributed by atoms with Gasteiger partial charge in [0.2, 0.25) is 0 Å². The van der Waals surface area contributed by atoms with Crippen molar-refractivity contribution >= 4 is 5.91 Å². The van der Waals surface area contributed by atoms with Crippen molar-refractivity contribution in [2.45, 2.75) is 51.6 Å². The highest BCUT2D eigenvalue weighted by atomic mass is 16.3. The van der Waals surface area contributed by atoms with Gasteiger partial charge in [-0.25, -0.2) is 0 Å². The monoisotopic (exact) mass is 424 g/mol. The zero-order valence-electron chi connectivity index (χ0n) is 18.1. The summed E-state index contributed by atoms with van der Waals surface area (Å²) in [7, 11) is 0. The second kappa shape index (κ2) is 8.89. The van der Waals surface area contributed by atoms with Crippen molar-refractivity contribution in [2.24, 2.45) is 5.41 Å². The number of aliphatic hydroxyl groups excluding tert-OH is 1. The van der Waals surface area contributed by atoms with Crippen LogP contribution in [0.3, 0.4) is 0 Å². The average Bonchev–Trinajstić information content (AvgIpc) is 3.22. The van der Waals surface area contributed by atoms with E-state index in [1.165, 1.54) is 12.5 Å². The summed E-state index contributed by atoms with van der Waals surface area (Å²) in [5.41, 5.74) is 3.11. The van der Waals surface area contributed by atoms with Gasteiger partial charge in [0.1, 0.15) is 11.5 Å². The first kappa shape index (κ1) is 21.7. The number of aliphatic hydroxyl groups is 1. The summed E-state index contributed by atoms with van der Waals surface area (Å²) in [6.45, 7) is 4.15. The predicted octanol–water partition coefficient (Wildman–Crippen LogP) is 3.64. The van der Waals surface area contributed by atoms with Crippen molar-refractivity contribution in [3.63, 3.8) is 0 Å². The van der Waals surface area contributed by atoms with Crippen LogP contribution in [0.25, 0.3) is 0 Å². The van der Waals surface area contributed by atoms with E-state index >= 15 is 0 Å². The van der Waals surface area contributed by atoms with Crippen molar-refractivity contribution in [3.8, 4) is 11.5 Å². The van der Waals surface area contributed by atoms with E-state index in [0.29, 0.717) is 12.1 Å². The van der Waals surface area contributed by atoms with Gasteiger partial charge in [-0.3, -0.25) is 4.79 Å². The summed E-state index contributed by atoms with van der Waals surface area (Å²) in [4.78, 5) is 15.0. The van der Waals surface area contributed by atoms with Gasteiger partial charge < -0.3 is 25.5 Å². The maximum absolute atomic E-state index is 13.2. The third-order valence-electron chi connectivity index (χ3n) is 6.97. The van der Waals surface area contributed by atoms with E-state index in [9.17, 15) is 20.1 Å². The minimum Gasteiger partial charge on any atom is -0.508 e. The highest BCUT2D eigenvalue weighted by molar-refractivity contribution is 5.97. The molecule has 1 aliphatic heterocycles. The Balaban J connectivity index is 1.47. The van der Waals surface area contributed by atoms with Gasteiger partial charge in [0, 0.05) is 37.7 Å². The first-order chi connectivity index (χ1) is 14.9. The minimum absolute atomic E-state index is 0.0166. The molecule has 31 heavy (non-hydrogen) atoms. The van der Waals surface area contributed by atoms with Crippen LogP contribution < -0.4 is 5.32 Å². The van der Waals surface area contributed by atoms with E-state index in [1.807, 2.05) is 11.0 Å². The SMILES string of the molecule is Cc1cc(C(=O)N2CCCC2c2cccc(CNCC3(CO)CCC3)c2)c(O)cc1O. The van der Waals surface area contributed by atoms with E-state index in [-0.39, 0.29) is 41.0 Å². The number of benzene rings is 2. The molecule has 0 bridgehead atoms. The maximum Gasteiger partial charge on any atom is 0.258 e. The topological polar surface area (TPSA) is 93.0 Å². The molecule has 0 radical (unpaired) electrons. The standard InChI is InChI=1S/C25H32N2O4/c1-17-11-20(23(30)13-22(17)29)24(31)27-10-3-7-21(27)19-6-2-5-18(12-19)14-26-15-25(16-28)8-4-9-25/h2,5-6,11-13,21,26,28-30H,3-4,7-10,14-16H2,1H3. The summed E-state index contributed by atoms with van der Waals surface area (Å²) >= 11 is 0.